The number of rotatable bonds is 7. The van der Waals surface area contributed by atoms with Gasteiger partial charge in [-0.15, -0.1) is 0 Å². The molecule has 3 aromatic carbocycles. The summed E-state index contributed by atoms with van der Waals surface area (Å²) in [6, 6.07) is 20.1. The Morgan fingerprint density at radius 1 is 1.00 bits per heavy atom. The Hall–Kier alpha value is -4.37. The van der Waals surface area contributed by atoms with Crippen LogP contribution in [0.4, 0.5) is 5.69 Å². The van der Waals surface area contributed by atoms with Crippen LogP contribution in [-0.4, -0.2) is 19.0 Å². The van der Waals surface area contributed by atoms with Crippen molar-refractivity contribution >= 4 is 23.6 Å². The van der Waals surface area contributed by atoms with Gasteiger partial charge in [0, 0.05) is 11.3 Å². The predicted octanol–water partition coefficient (Wildman–Crippen LogP) is 5.52. The van der Waals surface area contributed by atoms with Crippen molar-refractivity contribution in [3.63, 3.8) is 0 Å². The summed E-state index contributed by atoms with van der Waals surface area (Å²) in [4.78, 5) is 24.4. The minimum atomic E-state index is -0.481. The molecule has 0 aliphatic heterocycles. The van der Waals surface area contributed by atoms with Gasteiger partial charge in [0.1, 0.15) is 24.0 Å². The Morgan fingerprint density at radius 3 is 2.26 bits per heavy atom. The molecule has 0 radical (unpaired) electrons. The second kappa shape index (κ2) is 11.0. The van der Waals surface area contributed by atoms with Gasteiger partial charge in [-0.2, -0.15) is 5.26 Å². The standard InChI is InChI=1S/C28H26N2O4/c1-18-13-19(2)26(20(3)14-18)30-27(31)24(16-29)15-23-7-5-6-8-25(23)34-17-21-9-11-22(12-10-21)28(32)33-4/h5-15H,17H2,1-4H3,(H,30,31). The molecule has 6 nitrogen and oxygen atoms in total. The first-order valence-corrected chi connectivity index (χ1v) is 10.7. The molecule has 0 aliphatic carbocycles. The van der Waals surface area contributed by atoms with E-state index in [9.17, 15) is 14.9 Å². The number of aryl methyl sites for hydroxylation is 3. The van der Waals surface area contributed by atoms with E-state index in [1.165, 1.54) is 13.2 Å². The highest BCUT2D eigenvalue weighted by atomic mass is 16.5. The van der Waals surface area contributed by atoms with Crippen LogP contribution in [0.25, 0.3) is 6.08 Å². The van der Waals surface area contributed by atoms with E-state index in [2.05, 4.69) is 5.32 Å². The summed E-state index contributed by atoms with van der Waals surface area (Å²) in [5.74, 6) is -0.352. The number of benzene rings is 3. The lowest BCUT2D eigenvalue weighted by molar-refractivity contribution is -0.112. The summed E-state index contributed by atoms with van der Waals surface area (Å²) in [5.41, 5.74) is 5.57. The van der Waals surface area contributed by atoms with Gasteiger partial charge in [-0.05, 0) is 61.7 Å². The number of nitriles is 1. The molecule has 0 spiro atoms. The van der Waals surface area contributed by atoms with Gasteiger partial charge in [0.15, 0.2) is 0 Å². The third kappa shape index (κ3) is 5.90. The van der Waals surface area contributed by atoms with Crippen molar-refractivity contribution in [2.24, 2.45) is 0 Å². The number of para-hydroxylation sites is 1. The topological polar surface area (TPSA) is 88.4 Å². The van der Waals surface area contributed by atoms with E-state index in [-0.39, 0.29) is 12.2 Å². The molecule has 0 saturated heterocycles. The molecule has 6 heteroatoms. The van der Waals surface area contributed by atoms with E-state index in [1.807, 2.05) is 51.1 Å². The summed E-state index contributed by atoms with van der Waals surface area (Å²) >= 11 is 0. The van der Waals surface area contributed by atoms with Crippen LogP contribution < -0.4 is 10.1 Å². The molecule has 34 heavy (non-hydrogen) atoms. The first-order valence-electron chi connectivity index (χ1n) is 10.7. The van der Waals surface area contributed by atoms with Crippen molar-refractivity contribution in [2.45, 2.75) is 27.4 Å². The van der Waals surface area contributed by atoms with Crippen molar-refractivity contribution in [3.8, 4) is 11.8 Å². The Kier molecular flexibility index (Phi) is 7.83. The normalized spacial score (nSPS) is 10.9. The fraction of sp³-hybridized carbons (Fsp3) is 0.179. The molecule has 1 amide bonds. The second-order valence-electron chi connectivity index (χ2n) is 7.91. The SMILES string of the molecule is COC(=O)c1ccc(COc2ccccc2C=C(C#N)C(=O)Nc2c(C)cc(C)cc2C)cc1. The lowest BCUT2D eigenvalue weighted by Gasteiger charge is -2.13. The van der Waals surface area contributed by atoms with Gasteiger partial charge in [-0.1, -0.05) is 48.0 Å². The van der Waals surface area contributed by atoms with E-state index < -0.39 is 11.9 Å². The lowest BCUT2D eigenvalue weighted by atomic mass is 10.0. The average Bonchev–Trinajstić information content (AvgIpc) is 2.83. The highest BCUT2D eigenvalue weighted by Gasteiger charge is 2.14. The average molecular weight is 455 g/mol. The molecule has 3 aromatic rings. The van der Waals surface area contributed by atoms with Crippen LogP contribution in [-0.2, 0) is 16.1 Å². The number of anilines is 1. The number of esters is 1. The predicted molar refractivity (Wildman–Crippen MR) is 131 cm³/mol. The quantitative estimate of drug-likeness (QED) is 0.288. The number of carbonyl (C=O) groups excluding carboxylic acids is 2. The van der Waals surface area contributed by atoms with Crippen LogP contribution in [0.3, 0.4) is 0 Å². The zero-order chi connectivity index (χ0) is 24.7. The van der Waals surface area contributed by atoms with Gasteiger partial charge < -0.3 is 14.8 Å². The molecule has 3 rings (SSSR count). The zero-order valence-electron chi connectivity index (χ0n) is 19.6. The van der Waals surface area contributed by atoms with Gasteiger partial charge in [0.2, 0.25) is 0 Å². The van der Waals surface area contributed by atoms with E-state index in [1.54, 1.807) is 36.4 Å². The van der Waals surface area contributed by atoms with Crippen LogP contribution >= 0.6 is 0 Å². The van der Waals surface area contributed by atoms with Crippen LogP contribution in [0.15, 0.2) is 66.2 Å². The fourth-order valence-electron chi connectivity index (χ4n) is 3.61. The second-order valence-corrected chi connectivity index (χ2v) is 7.91. The molecule has 0 unspecified atom stereocenters. The first-order chi connectivity index (χ1) is 16.3. The Balaban J connectivity index is 1.78. The van der Waals surface area contributed by atoms with Crippen molar-refractivity contribution in [2.75, 3.05) is 12.4 Å². The van der Waals surface area contributed by atoms with Crippen LogP contribution in [0.1, 0.15) is 38.2 Å². The Morgan fingerprint density at radius 2 is 1.65 bits per heavy atom. The minimum absolute atomic E-state index is 0.0298. The number of nitrogens with one attached hydrogen (secondary N) is 1. The van der Waals surface area contributed by atoms with Gasteiger partial charge in [-0.3, -0.25) is 4.79 Å². The molecular formula is C28H26N2O4. The first kappa shape index (κ1) is 24.3. The molecular weight excluding hydrogens is 428 g/mol. The van der Waals surface area contributed by atoms with Crippen LogP contribution in [0.2, 0.25) is 0 Å². The fourth-order valence-corrected chi connectivity index (χ4v) is 3.61. The van der Waals surface area contributed by atoms with Crippen molar-refractivity contribution in [3.05, 3.63) is 99.6 Å². The maximum absolute atomic E-state index is 12.9. The maximum atomic E-state index is 12.9. The highest BCUT2D eigenvalue weighted by molar-refractivity contribution is 6.10. The summed E-state index contributed by atoms with van der Waals surface area (Å²) in [6.45, 7) is 6.09. The molecule has 0 saturated carbocycles. The van der Waals surface area contributed by atoms with Gasteiger partial charge >= 0.3 is 5.97 Å². The van der Waals surface area contributed by atoms with Gasteiger partial charge in [0.05, 0.1) is 12.7 Å². The number of hydrogen-bond acceptors (Lipinski definition) is 5. The molecule has 0 heterocycles. The largest absolute Gasteiger partial charge is 0.488 e. The number of carbonyl (C=O) groups is 2. The molecule has 1 N–H and O–H groups in total. The van der Waals surface area contributed by atoms with E-state index in [4.69, 9.17) is 9.47 Å². The third-order valence-corrected chi connectivity index (χ3v) is 5.27. The van der Waals surface area contributed by atoms with Crippen LogP contribution in [0.5, 0.6) is 5.75 Å². The van der Waals surface area contributed by atoms with Crippen molar-refractivity contribution in [1.82, 2.24) is 0 Å². The van der Waals surface area contributed by atoms with Crippen molar-refractivity contribution in [1.29, 1.82) is 5.26 Å². The maximum Gasteiger partial charge on any atom is 0.337 e. The van der Waals surface area contributed by atoms with E-state index >= 15 is 0 Å². The molecule has 0 atom stereocenters. The minimum Gasteiger partial charge on any atom is -0.488 e. The lowest BCUT2D eigenvalue weighted by Crippen LogP contribution is -2.15. The van der Waals surface area contributed by atoms with Crippen molar-refractivity contribution < 1.29 is 19.1 Å². The van der Waals surface area contributed by atoms with Gasteiger partial charge in [0.25, 0.3) is 5.91 Å². The smallest absolute Gasteiger partial charge is 0.337 e. The molecule has 0 fully saturated rings. The molecule has 0 bridgehead atoms. The molecule has 0 aliphatic rings. The number of methoxy groups -OCH3 is 1. The van der Waals surface area contributed by atoms with Crippen LogP contribution in [0, 0.1) is 32.1 Å². The molecule has 172 valence electrons. The number of amides is 1. The number of hydrogen-bond donors (Lipinski definition) is 1. The number of nitrogens with zero attached hydrogens (tertiary/aromatic N) is 1. The molecule has 0 aromatic heterocycles. The Bertz CT molecular complexity index is 1260. The summed E-state index contributed by atoms with van der Waals surface area (Å²) < 4.78 is 10.7. The monoisotopic (exact) mass is 454 g/mol. The third-order valence-electron chi connectivity index (χ3n) is 5.27. The highest BCUT2D eigenvalue weighted by Crippen LogP contribution is 2.25. The number of ether oxygens (including phenoxy) is 2. The van der Waals surface area contributed by atoms with Gasteiger partial charge in [-0.25, -0.2) is 4.79 Å². The van der Waals surface area contributed by atoms with E-state index in [0.29, 0.717) is 22.6 Å². The summed E-state index contributed by atoms with van der Waals surface area (Å²) in [6.07, 6.45) is 1.52. The van der Waals surface area contributed by atoms with E-state index in [0.717, 1.165) is 22.3 Å². The zero-order valence-corrected chi connectivity index (χ0v) is 19.6. The summed E-state index contributed by atoms with van der Waals surface area (Å²) in [5, 5.41) is 12.5. The Labute approximate surface area is 199 Å². The summed E-state index contributed by atoms with van der Waals surface area (Å²) in [7, 11) is 1.34.